The zero-order valence-corrected chi connectivity index (χ0v) is 20.2. The first-order chi connectivity index (χ1) is 16.1. The molecule has 2 heterocycles. The van der Waals surface area contributed by atoms with Crippen molar-refractivity contribution in [1.29, 1.82) is 5.26 Å². The van der Waals surface area contributed by atoms with E-state index in [9.17, 15) is 4.79 Å². The third-order valence-corrected chi connectivity index (χ3v) is 7.14. The van der Waals surface area contributed by atoms with Crippen LogP contribution in [-0.2, 0) is 4.74 Å². The van der Waals surface area contributed by atoms with Crippen LogP contribution in [0.1, 0.15) is 45.6 Å². The number of nitriles is 1. The summed E-state index contributed by atoms with van der Waals surface area (Å²) in [6.07, 6.45) is 3.45. The molecule has 1 saturated heterocycles. The van der Waals surface area contributed by atoms with Gasteiger partial charge in [0.05, 0.1) is 28.9 Å². The molecule has 1 aromatic heterocycles. The Morgan fingerprint density at radius 1 is 1.35 bits per heavy atom. The maximum atomic E-state index is 15.1. The molecule has 2 aromatic rings. The molecule has 0 spiro atoms. The Labute approximate surface area is 203 Å². The summed E-state index contributed by atoms with van der Waals surface area (Å²) in [5.41, 5.74) is 0.222. The van der Waals surface area contributed by atoms with Crippen molar-refractivity contribution in [3.8, 4) is 11.9 Å². The molecule has 1 N–H and O–H groups in total. The molecule has 180 valence electrons. The lowest BCUT2D eigenvalue weighted by Crippen LogP contribution is -2.50. The van der Waals surface area contributed by atoms with Gasteiger partial charge < -0.3 is 19.7 Å². The first-order valence-corrected chi connectivity index (χ1v) is 11.6. The number of carbonyl (C=O) groups excluding carboxylic acids is 1. The fraction of sp³-hybridized carbons (Fsp3) is 0.500. The summed E-state index contributed by atoms with van der Waals surface area (Å²) >= 11 is 6.17. The topological polar surface area (TPSA) is 100 Å². The molecule has 1 aromatic carbocycles. The minimum atomic E-state index is -0.738. The maximum Gasteiger partial charge on any atom is 0.410 e. The summed E-state index contributed by atoms with van der Waals surface area (Å²) in [6.45, 7) is 7.40. The van der Waals surface area contributed by atoms with Gasteiger partial charge in [-0.25, -0.2) is 9.78 Å². The maximum absolute atomic E-state index is 15.1. The van der Waals surface area contributed by atoms with Crippen LogP contribution in [0.5, 0.6) is 5.88 Å². The van der Waals surface area contributed by atoms with E-state index in [-0.39, 0.29) is 46.4 Å². The van der Waals surface area contributed by atoms with Crippen LogP contribution in [0.25, 0.3) is 0 Å². The Kier molecular flexibility index (Phi) is 6.54. The summed E-state index contributed by atoms with van der Waals surface area (Å²) in [7, 11) is 0. The lowest BCUT2D eigenvalue weighted by molar-refractivity contribution is -0.00127. The molecule has 2 fully saturated rings. The average molecular weight is 488 g/mol. The Hall–Kier alpha value is -3.12. The number of amides is 1. The number of anilines is 2. The largest absolute Gasteiger partial charge is 0.475 e. The smallest absolute Gasteiger partial charge is 0.410 e. The van der Waals surface area contributed by atoms with Crippen LogP contribution in [0.15, 0.2) is 24.5 Å². The van der Waals surface area contributed by atoms with E-state index in [1.807, 2.05) is 13.0 Å². The molecule has 8 nitrogen and oxygen atoms in total. The molecule has 1 aliphatic heterocycles. The number of halogens is 2. The second kappa shape index (κ2) is 9.26. The minimum Gasteiger partial charge on any atom is -0.475 e. The average Bonchev–Trinajstić information content (AvgIpc) is 3.53. The minimum absolute atomic E-state index is 0.0825. The van der Waals surface area contributed by atoms with E-state index < -0.39 is 5.82 Å². The van der Waals surface area contributed by atoms with Gasteiger partial charge in [0, 0.05) is 18.5 Å². The van der Waals surface area contributed by atoms with Crippen LogP contribution >= 0.6 is 11.6 Å². The van der Waals surface area contributed by atoms with Gasteiger partial charge in [-0.05, 0) is 50.3 Å². The Balaban J connectivity index is 1.39. The van der Waals surface area contributed by atoms with Crippen molar-refractivity contribution in [3.63, 3.8) is 0 Å². The summed E-state index contributed by atoms with van der Waals surface area (Å²) in [5, 5.41) is 12.1. The van der Waals surface area contributed by atoms with Crippen LogP contribution in [0, 0.1) is 28.5 Å². The van der Waals surface area contributed by atoms with E-state index in [2.05, 4.69) is 29.1 Å². The molecule has 4 rings (SSSR count). The molecule has 2 unspecified atom stereocenters. The predicted octanol–water partition coefficient (Wildman–Crippen LogP) is 5.30. The van der Waals surface area contributed by atoms with Crippen LogP contribution in [0.3, 0.4) is 0 Å². The molecule has 0 bridgehead atoms. The highest BCUT2D eigenvalue weighted by molar-refractivity contribution is 6.33. The lowest BCUT2D eigenvalue weighted by Gasteiger charge is -2.43. The number of likely N-dealkylation sites (tertiary alicyclic amines) is 1. The molecular formula is C24H27ClFN5O3. The standard InChI is InChI=1S/C24H27ClFN5O3/c1-15-12-31(22(32)34-24(3)6-7-24)9-8-23(15,2)13-33-21-19(26)20(28-14-29-21)30-18-5-4-16(11-27)10-17(18)25/h4-5,10,14-15H,6-9,12-13H2,1-3H3,(H,28,29,30). The zero-order chi connectivity index (χ0) is 24.5. The highest BCUT2D eigenvalue weighted by Crippen LogP contribution is 2.41. The van der Waals surface area contributed by atoms with Crippen LogP contribution in [0.2, 0.25) is 5.02 Å². The number of nitrogens with zero attached hydrogens (tertiary/aromatic N) is 4. The number of ether oxygens (including phenoxy) is 2. The summed E-state index contributed by atoms with van der Waals surface area (Å²) in [5.74, 6) is -0.876. The van der Waals surface area contributed by atoms with Crippen molar-refractivity contribution in [2.45, 2.75) is 45.6 Å². The highest BCUT2D eigenvalue weighted by atomic mass is 35.5. The Morgan fingerprint density at radius 3 is 2.76 bits per heavy atom. The van der Waals surface area contributed by atoms with E-state index in [4.69, 9.17) is 26.3 Å². The second-order valence-electron chi connectivity index (χ2n) is 9.63. The van der Waals surface area contributed by atoms with Gasteiger partial charge in [0.1, 0.15) is 11.9 Å². The van der Waals surface area contributed by atoms with Crippen molar-refractivity contribution in [3.05, 3.63) is 40.9 Å². The molecule has 2 aliphatic rings. The van der Waals surface area contributed by atoms with Crippen molar-refractivity contribution in [2.24, 2.45) is 11.3 Å². The molecule has 10 heteroatoms. The van der Waals surface area contributed by atoms with Crippen LogP contribution < -0.4 is 10.1 Å². The number of aromatic nitrogens is 2. The number of piperidine rings is 1. The van der Waals surface area contributed by atoms with E-state index in [1.165, 1.54) is 12.4 Å². The van der Waals surface area contributed by atoms with Gasteiger partial charge in [-0.15, -0.1) is 0 Å². The van der Waals surface area contributed by atoms with E-state index >= 15 is 4.39 Å². The molecule has 1 aliphatic carbocycles. The van der Waals surface area contributed by atoms with E-state index in [0.29, 0.717) is 30.8 Å². The molecule has 34 heavy (non-hydrogen) atoms. The third-order valence-electron chi connectivity index (χ3n) is 6.83. The van der Waals surface area contributed by atoms with Gasteiger partial charge in [0.2, 0.25) is 5.82 Å². The predicted molar refractivity (Wildman–Crippen MR) is 125 cm³/mol. The summed E-state index contributed by atoms with van der Waals surface area (Å²) in [4.78, 5) is 22.1. The normalized spacial score (nSPS) is 23.1. The number of hydrogen-bond donors (Lipinski definition) is 1. The van der Waals surface area contributed by atoms with Gasteiger partial charge in [0.15, 0.2) is 5.82 Å². The van der Waals surface area contributed by atoms with Crippen molar-refractivity contribution >= 4 is 29.2 Å². The molecule has 0 radical (unpaired) electrons. The first kappa shape index (κ1) is 24.0. The van der Waals surface area contributed by atoms with Gasteiger partial charge in [-0.3, -0.25) is 0 Å². The summed E-state index contributed by atoms with van der Waals surface area (Å²) in [6, 6.07) is 6.62. The number of hydrogen-bond acceptors (Lipinski definition) is 7. The van der Waals surface area contributed by atoms with Gasteiger partial charge in [-0.1, -0.05) is 25.4 Å². The number of nitrogens with one attached hydrogen (secondary N) is 1. The number of rotatable bonds is 6. The van der Waals surface area contributed by atoms with Crippen LogP contribution in [-0.4, -0.2) is 46.3 Å². The molecule has 1 amide bonds. The SMILES string of the molecule is CC1CN(C(=O)OC2(C)CC2)CCC1(C)COc1ncnc(Nc2ccc(C#N)cc2Cl)c1F. The second-order valence-corrected chi connectivity index (χ2v) is 10.0. The van der Waals surface area contributed by atoms with Crippen molar-refractivity contribution in [2.75, 3.05) is 25.0 Å². The monoisotopic (exact) mass is 487 g/mol. The molecular weight excluding hydrogens is 461 g/mol. The number of benzene rings is 1. The van der Waals surface area contributed by atoms with E-state index in [1.54, 1.807) is 17.0 Å². The first-order valence-electron chi connectivity index (χ1n) is 11.2. The number of carbonyl (C=O) groups is 1. The molecule has 2 atom stereocenters. The fourth-order valence-corrected chi connectivity index (χ4v) is 4.03. The van der Waals surface area contributed by atoms with Gasteiger partial charge in [-0.2, -0.15) is 14.6 Å². The lowest BCUT2D eigenvalue weighted by atomic mass is 9.73. The Bertz CT molecular complexity index is 1140. The summed E-state index contributed by atoms with van der Waals surface area (Å²) < 4.78 is 26.5. The molecule has 1 saturated carbocycles. The third kappa shape index (κ3) is 5.17. The van der Waals surface area contributed by atoms with Crippen molar-refractivity contribution < 1.29 is 18.7 Å². The van der Waals surface area contributed by atoms with Crippen LogP contribution in [0.4, 0.5) is 20.7 Å². The fourth-order valence-electron chi connectivity index (χ4n) is 3.80. The van der Waals surface area contributed by atoms with Gasteiger partial charge >= 0.3 is 6.09 Å². The van der Waals surface area contributed by atoms with Gasteiger partial charge in [0.25, 0.3) is 5.88 Å². The van der Waals surface area contributed by atoms with E-state index in [0.717, 1.165) is 12.8 Å². The zero-order valence-electron chi connectivity index (χ0n) is 19.4. The highest BCUT2D eigenvalue weighted by Gasteiger charge is 2.45. The van der Waals surface area contributed by atoms with Crippen molar-refractivity contribution in [1.82, 2.24) is 14.9 Å². The quantitative estimate of drug-likeness (QED) is 0.590. The Morgan fingerprint density at radius 2 is 2.12 bits per heavy atom.